The number of nitrogens with zero attached hydrogens (tertiary/aromatic N) is 1. The Morgan fingerprint density at radius 1 is 0.896 bits per heavy atom. The molecule has 3 aliphatic carbocycles. The van der Waals surface area contributed by atoms with Gasteiger partial charge in [0, 0.05) is 22.7 Å². The Bertz CT molecular complexity index is 2270. The van der Waals surface area contributed by atoms with E-state index in [1.54, 1.807) is 7.11 Å². The zero-order valence-corrected chi connectivity index (χ0v) is 27.3. The number of allylic oxidation sites excluding steroid dienone is 16. The molecule has 3 heterocycles. The fraction of sp³-hybridized carbons (Fsp3) is 0.111. The number of benzene rings is 3. The molecule has 9 rings (SSSR count). The van der Waals surface area contributed by atoms with Gasteiger partial charge in [0.2, 0.25) is 0 Å². The molecule has 3 atom stereocenters. The summed E-state index contributed by atoms with van der Waals surface area (Å²) in [6.07, 6.45) is 32.6. The van der Waals surface area contributed by atoms with E-state index in [0.717, 1.165) is 28.1 Å². The first-order valence-electron chi connectivity index (χ1n) is 16.6. The van der Waals surface area contributed by atoms with Crippen molar-refractivity contribution in [3.8, 4) is 0 Å². The van der Waals surface area contributed by atoms with Gasteiger partial charge in [0.1, 0.15) is 11.3 Å². The Labute approximate surface area is 282 Å². The van der Waals surface area contributed by atoms with Crippen LogP contribution in [0.4, 0.5) is 0 Å². The van der Waals surface area contributed by atoms with Crippen molar-refractivity contribution in [2.24, 2.45) is 11.8 Å². The van der Waals surface area contributed by atoms with Crippen LogP contribution in [0, 0.1) is 11.8 Å². The van der Waals surface area contributed by atoms with Gasteiger partial charge in [0.15, 0.2) is 0 Å². The zero-order valence-electron chi connectivity index (χ0n) is 27.3. The SMILES string of the molecule is C=C(/C=C\C=C(/OC)C1C=CC(C2=CC3(c4ccccc4)/C=C\C=C/C2=CN3)=C1)n1c2ccccc2c2cc(C3=CC=CC3C)ccc21. The Morgan fingerprint density at radius 2 is 1.73 bits per heavy atom. The third kappa shape index (κ3) is 5.09. The highest BCUT2D eigenvalue weighted by molar-refractivity contribution is 6.11. The van der Waals surface area contributed by atoms with Crippen molar-refractivity contribution in [2.75, 3.05) is 7.11 Å². The molecular formula is C45H38N2O. The van der Waals surface area contributed by atoms with Crippen molar-refractivity contribution in [3.63, 3.8) is 0 Å². The molecule has 5 aliphatic rings. The Kier molecular flexibility index (Phi) is 7.46. The first kappa shape index (κ1) is 29.6. The largest absolute Gasteiger partial charge is 0.500 e. The van der Waals surface area contributed by atoms with E-state index >= 15 is 0 Å². The van der Waals surface area contributed by atoms with E-state index < -0.39 is 5.54 Å². The minimum absolute atomic E-state index is 0.0296. The molecular weight excluding hydrogens is 585 g/mol. The van der Waals surface area contributed by atoms with Crippen LogP contribution in [-0.4, -0.2) is 11.7 Å². The van der Waals surface area contributed by atoms with Crippen molar-refractivity contribution in [1.29, 1.82) is 0 Å². The van der Waals surface area contributed by atoms with Crippen LogP contribution in [-0.2, 0) is 10.3 Å². The lowest BCUT2D eigenvalue weighted by Crippen LogP contribution is -2.38. The highest BCUT2D eigenvalue weighted by atomic mass is 16.5. The maximum atomic E-state index is 5.94. The van der Waals surface area contributed by atoms with E-state index in [9.17, 15) is 0 Å². The number of dihydropyridines is 1. The number of hydrogen-bond acceptors (Lipinski definition) is 2. The molecule has 0 radical (unpaired) electrons. The van der Waals surface area contributed by atoms with E-state index in [-0.39, 0.29) is 5.92 Å². The lowest BCUT2D eigenvalue weighted by Gasteiger charge is -2.35. The lowest BCUT2D eigenvalue weighted by molar-refractivity contribution is 0.269. The number of aromatic nitrogens is 1. The molecule has 234 valence electrons. The fourth-order valence-electron chi connectivity index (χ4n) is 7.37. The molecule has 0 amide bonds. The van der Waals surface area contributed by atoms with E-state index in [1.165, 1.54) is 38.6 Å². The van der Waals surface area contributed by atoms with Crippen molar-refractivity contribution in [1.82, 2.24) is 9.88 Å². The van der Waals surface area contributed by atoms with Gasteiger partial charge in [-0.1, -0.05) is 135 Å². The van der Waals surface area contributed by atoms with Crippen LogP contribution >= 0.6 is 0 Å². The number of para-hydroxylation sites is 1. The molecule has 48 heavy (non-hydrogen) atoms. The number of methoxy groups -OCH3 is 1. The first-order chi connectivity index (χ1) is 23.5. The molecule has 2 aliphatic heterocycles. The first-order valence-corrected chi connectivity index (χ1v) is 16.6. The molecule has 1 N–H and O–H groups in total. The predicted molar refractivity (Wildman–Crippen MR) is 202 cm³/mol. The van der Waals surface area contributed by atoms with E-state index in [4.69, 9.17) is 4.74 Å². The summed E-state index contributed by atoms with van der Waals surface area (Å²) in [5, 5.41) is 6.12. The fourth-order valence-corrected chi connectivity index (χ4v) is 7.37. The van der Waals surface area contributed by atoms with Crippen LogP contribution in [0.25, 0.3) is 33.1 Å². The van der Waals surface area contributed by atoms with Gasteiger partial charge in [-0.05, 0) is 75.8 Å². The summed E-state index contributed by atoms with van der Waals surface area (Å²) in [6.45, 7) is 6.75. The molecule has 1 aromatic heterocycles. The van der Waals surface area contributed by atoms with Crippen LogP contribution in [0.15, 0.2) is 193 Å². The second-order valence-electron chi connectivity index (χ2n) is 12.8. The van der Waals surface area contributed by atoms with Gasteiger partial charge in [0.05, 0.1) is 24.1 Å². The standard InChI is InChI=1S/C45H38N2O/c1-31-13-11-19-38(31)34-24-25-43-40(28-34)39-18-7-8-20-42(39)47(43)32(2)14-12-21-44(48-3)35-23-22-33(27-35)41-29-45(37-16-5-4-6-17-37)26-10-9-15-36(41)30-46-45/h4-31,35,46H,2H2,1,3H3/b14-12-,15-9-,26-10-,44-21-. The Balaban J connectivity index is 1.08. The maximum Gasteiger partial charge on any atom is 0.106 e. The van der Waals surface area contributed by atoms with Gasteiger partial charge in [0.25, 0.3) is 0 Å². The molecule has 0 spiro atoms. The number of fused-ring (bicyclic) bond motifs is 5. The van der Waals surface area contributed by atoms with E-state index in [0.29, 0.717) is 5.92 Å². The number of nitrogens with one attached hydrogen (secondary N) is 1. The second kappa shape index (κ2) is 12.1. The molecule has 3 unspecified atom stereocenters. The molecule has 0 fully saturated rings. The van der Waals surface area contributed by atoms with Crippen molar-refractivity contribution >= 4 is 33.1 Å². The molecule has 4 aromatic rings. The Hall–Kier alpha value is -5.80. The summed E-state index contributed by atoms with van der Waals surface area (Å²) in [5.41, 5.74) is 10.2. The van der Waals surface area contributed by atoms with Crippen molar-refractivity contribution in [3.05, 3.63) is 204 Å². The van der Waals surface area contributed by atoms with Crippen LogP contribution < -0.4 is 5.32 Å². The molecule has 2 bridgehead atoms. The summed E-state index contributed by atoms with van der Waals surface area (Å²) in [6, 6.07) is 26.0. The normalized spacial score (nSPS) is 24.2. The van der Waals surface area contributed by atoms with Gasteiger partial charge in [-0.15, -0.1) is 0 Å². The molecule has 0 saturated heterocycles. The Morgan fingerprint density at radius 3 is 2.56 bits per heavy atom. The second-order valence-corrected chi connectivity index (χ2v) is 12.8. The molecule has 0 saturated carbocycles. The average Bonchev–Trinajstić information content (AvgIpc) is 3.85. The predicted octanol–water partition coefficient (Wildman–Crippen LogP) is 10.5. The maximum absolute atomic E-state index is 5.94. The van der Waals surface area contributed by atoms with Gasteiger partial charge in [-0.3, -0.25) is 0 Å². The summed E-state index contributed by atoms with van der Waals surface area (Å²) in [5.74, 6) is 1.33. The van der Waals surface area contributed by atoms with E-state index in [1.807, 2.05) is 6.08 Å². The third-order valence-electron chi connectivity index (χ3n) is 9.87. The third-order valence-corrected chi connectivity index (χ3v) is 9.87. The quantitative estimate of drug-likeness (QED) is 0.156. The van der Waals surface area contributed by atoms with Crippen molar-refractivity contribution < 1.29 is 4.74 Å². The summed E-state index contributed by atoms with van der Waals surface area (Å²) >= 11 is 0. The number of ether oxygens (including phenoxy) is 1. The van der Waals surface area contributed by atoms with E-state index in [2.05, 4.69) is 181 Å². The minimum Gasteiger partial charge on any atom is -0.500 e. The average molecular weight is 623 g/mol. The van der Waals surface area contributed by atoms with Crippen molar-refractivity contribution in [2.45, 2.75) is 12.5 Å². The lowest BCUT2D eigenvalue weighted by atomic mass is 9.80. The van der Waals surface area contributed by atoms with Gasteiger partial charge < -0.3 is 14.6 Å². The highest BCUT2D eigenvalue weighted by Gasteiger charge is 2.32. The zero-order chi connectivity index (χ0) is 32.7. The molecule has 3 nitrogen and oxygen atoms in total. The summed E-state index contributed by atoms with van der Waals surface area (Å²) < 4.78 is 8.20. The topological polar surface area (TPSA) is 26.2 Å². The number of rotatable bonds is 8. The van der Waals surface area contributed by atoms with Crippen LogP contribution in [0.5, 0.6) is 0 Å². The monoisotopic (exact) mass is 622 g/mol. The summed E-state index contributed by atoms with van der Waals surface area (Å²) in [7, 11) is 1.75. The molecule has 3 aromatic carbocycles. The van der Waals surface area contributed by atoms with Gasteiger partial charge in [-0.25, -0.2) is 0 Å². The summed E-state index contributed by atoms with van der Waals surface area (Å²) in [4.78, 5) is 0. The van der Waals surface area contributed by atoms with Crippen LogP contribution in [0.1, 0.15) is 18.1 Å². The molecule has 3 heteroatoms. The highest BCUT2D eigenvalue weighted by Crippen LogP contribution is 2.40. The van der Waals surface area contributed by atoms with Crippen LogP contribution in [0.3, 0.4) is 0 Å². The van der Waals surface area contributed by atoms with Gasteiger partial charge in [-0.2, -0.15) is 0 Å². The smallest absolute Gasteiger partial charge is 0.106 e. The minimum atomic E-state index is -0.404. The van der Waals surface area contributed by atoms with Gasteiger partial charge >= 0.3 is 0 Å². The number of hydrogen-bond donors (Lipinski definition) is 1. The van der Waals surface area contributed by atoms with Crippen LogP contribution in [0.2, 0.25) is 0 Å².